The average Bonchev–Trinajstić information content (AvgIpc) is 2.93. The molecule has 2 aromatic rings. The van der Waals surface area contributed by atoms with Gasteiger partial charge in [0.15, 0.2) is 0 Å². The standard InChI is InChI=1S/C32H45N3O8/c1-20(2)8-9-21(3)35(28(23-12-16-25(37)17-13-23)29(39)33-19-27(38)42-7)30(40)26(34-31(41)43-32(4,5)6)18-22-10-14-24(36)15-11-22/h10-17,20-21,26,28,36-37H,8-9,18-19H2,1-7H3,(H,33,39)(H,34,41). The maximum absolute atomic E-state index is 14.6. The molecule has 2 aromatic carbocycles. The molecule has 3 atom stereocenters. The van der Waals surface area contributed by atoms with Crippen LogP contribution in [0.4, 0.5) is 4.79 Å². The summed E-state index contributed by atoms with van der Waals surface area (Å²) < 4.78 is 10.1. The fourth-order valence-electron chi connectivity index (χ4n) is 4.43. The second-order valence-corrected chi connectivity index (χ2v) is 11.9. The van der Waals surface area contributed by atoms with Crippen molar-refractivity contribution in [3.63, 3.8) is 0 Å². The fourth-order valence-corrected chi connectivity index (χ4v) is 4.43. The number of carbonyl (C=O) groups is 4. The van der Waals surface area contributed by atoms with Crippen molar-refractivity contribution in [1.29, 1.82) is 0 Å². The molecule has 0 bridgehead atoms. The van der Waals surface area contributed by atoms with Crippen LogP contribution in [0.2, 0.25) is 0 Å². The summed E-state index contributed by atoms with van der Waals surface area (Å²) in [5, 5.41) is 24.9. The lowest BCUT2D eigenvalue weighted by Gasteiger charge is -2.39. The van der Waals surface area contributed by atoms with Crippen molar-refractivity contribution in [2.75, 3.05) is 13.7 Å². The molecule has 2 rings (SSSR count). The number of benzene rings is 2. The van der Waals surface area contributed by atoms with Gasteiger partial charge in [-0.3, -0.25) is 14.4 Å². The fraction of sp³-hybridized carbons (Fsp3) is 0.500. The van der Waals surface area contributed by atoms with Gasteiger partial charge in [-0.05, 0) is 81.8 Å². The van der Waals surface area contributed by atoms with Crippen LogP contribution in [-0.2, 0) is 30.3 Å². The number of nitrogens with one attached hydrogen (secondary N) is 2. The third kappa shape index (κ3) is 11.5. The Labute approximate surface area is 253 Å². The number of amides is 3. The summed E-state index contributed by atoms with van der Waals surface area (Å²) in [6.07, 6.45) is 0.521. The van der Waals surface area contributed by atoms with Gasteiger partial charge in [0.05, 0.1) is 7.11 Å². The Morgan fingerprint density at radius 1 is 0.884 bits per heavy atom. The Morgan fingerprint density at radius 2 is 1.44 bits per heavy atom. The number of hydrogen-bond donors (Lipinski definition) is 4. The first-order valence-electron chi connectivity index (χ1n) is 14.3. The highest BCUT2D eigenvalue weighted by atomic mass is 16.6. The van der Waals surface area contributed by atoms with Crippen molar-refractivity contribution >= 4 is 23.9 Å². The van der Waals surface area contributed by atoms with Gasteiger partial charge in [-0.1, -0.05) is 38.1 Å². The molecular weight excluding hydrogens is 554 g/mol. The van der Waals surface area contributed by atoms with E-state index in [2.05, 4.69) is 29.2 Å². The number of esters is 1. The van der Waals surface area contributed by atoms with Crippen molar-refractivity contribution in [2.24, 2.45) is 5.92 Å². The lowest BCUT2D eigenvalue weighted by Crippen LogP contribution is -2.56. The molecule has 0 aliphatic heterocycles. The highest BCUT2D eigenvalue weighted by molar-refractivity contribution is 5.93. The molecule has 11 nitrogen and oxygen atoms in total. The monoisotopic (exact) mass is 599 g/mol. The first-order valence-corrected chi connectivity index (χ1v) is 14.3. The number of hydrogen-bond acceptors (Lipinski definition) is 8. The van der Waals surface area contributed by atoms with Crippen LogP contribution in [0.25, 0.3) is 0 Å². The second-order valence-electron chi connectivity index (χ2n) is 11.9. The Balaban J connectivity index is 2.64. The molecule has 11 heteroatoms. The zero-order valence-electron chi connectivity index (χ0n) is 26.0. The Morgan fingerprint density at radius 3 is 1.95 bits per heavy atom. The summed E-state index contributed by atoms with van der Waals surface area (Å²) in [6, 6.07) is 9.25. The molecular formula is C32H45N3O8. The van der Waals surface area contributed by atoms with Crippen molar-refractivity contribution in [3.05, 3.63) is 59.7 Å². The molecule has 0 radical (unpaired) electrons. The number of phenolic OH excluding ortho intramolecular Hbond substituents is 2. The van der Waals surface area contributed by atoms with Crippen LogP contribution < -0.4 is 10.6 Å². The summed E-state index contributed by atoms with van der Waals surface area (Å²) in [6.45, 7) is 10.6. The van der Waals surface area contributed by atoms with E-state index in [4.69, 9.17) is 4.74 Å². The van der Waals surface area contributed by atoms with E-state index >= 15 is 0 Å². The van der Waals surface area contributed by atoms with Crippen LogP contribution >= 0.6 is 0 Å². The van der Waals surface area contributed by atoms with Gasteiger partial charge in [0.2, 0.25) is 11.8 Å². The summed E-state index contributed by atoms with van der Waals surface area (Å²) in [5.41, 5.74) is 0.215. The summed E-state index contributed by atoms with van der Waals surface area (Å²) in [7, 11) is 1.20. The molecule has 4 N–H and O–H groups in total. The lowest BCUT2D eigenvalue weighted by atomic mass is 9.96. The first kappa shape index (κ1) is 34.9. The molecule has 0 aliphatic rings. The zero-order chi connectivity index (χ0) is 32.3. The Bertz CT molecular complexity index is 1220. The van der Waals surface area contributed by atoms with E-state index in [1.165, 1.54) is 48.4 Å². The molecule has 0 fully saturated rings. The number of ether oxygens (including phenoxy) is 2. The maximum atomic E-state index is 14.6. The topological polar surface area (TPSA) is 154 Å². The van der Waals surface area contributed by atoms with Crippen LogP contribution in [0.5, 0.6) is 11.5 Å². The van der Waals surface area contributed by atoms with Crippen LogP contribution in [0.3, 0.4) is 0 Å². The highest BCUT2D eigenvalue weighted by Gasteiger charge is 2.39. The summed E-state index contributed by atoms with van der Waals surface area (Å²) in [4.78, 5) is 54.6. The van der Waals surface area contributed by atoms with Crippen molar-refractivity contribution in [1.82, 2.24) is 15.5 Å². The van der Waals surface area contributed by atoms with E-state index < -0.39 is 54.1 Å². The third-order valence-electron chi connectivity index (χ3n) is 6.63. The molecule has 0 spiro atoms. The minimum absolute atomic E-state index is 0.0278. The smallest absolute Gasteiger partial charge is 0.408 e. The second kappa shape index (κ2) is 15.8. The normalized spacial score (nSPS) is 13.4. The van der Waals surface area contributed by atoms with Crippen molar-refractivity contribution < 1.29 is 38.9 Å². The minimum atomic E-state index is -1.22. The van der Waals surface area contributed by atoms with Gasteiger partial charge in [-0.2, -0.15) is 0 Å². The number of carbonyl (C=O) groups excluding carboxylic acids is 4. The van der Waals surface area contributed by atoms with Gasteiger partial charge in [0.1, 0.15) is 35.7 Å². The van der Waals surface area contributed by atoms with E-state index in [-0.39, 0.29) is 17.9 Å². The van der Waals surface area contributed by atoms with E-state index in [0.717, 1.165) is 6.42 Å². The van der Waals surface area contributed by atoms with Gasteiger partial charge in [-0.25, -0.2) is 4.79 Å². The quantitative estimate of drug-likeness (QED) is 0.250. The highest BCUT2D eigenvalue weighted by Crippen LogP contribution is 2.29. The van der Waals surface area contributed by atoms with E-state index in [1.54, 1.807) is 32.9 Å². The Kier molecular flexibility index (Phi) is 12.8. The number of phenols is 2. The molecule has 0 saturated heterocycles. The number of rotatable bonds is 13. The number of methoxy groups -OCH3 is 1. The molecule has 3 unspecified atom stereocenters. The molecule has 0 aromatic heterocycles. The van der Waals surface area contributed by atoms with Crippen LogP contribution in [0, 0.1) is 5.92 Å². The average molecular weight is 600 g/mol. The number of alkyl carbamates (subject to hydrolysis) is 1. The molecule has 3 amide bonds. The van der Waals surface area contributed by atoms with Gasteiger partial charge in [0.25, 0.3) is 0 Å². The van der Waals surface area contributed by atoms with E-state index in [1.807, 2.05) is 6.92 Å². The first-order chi connectivity index (χ1) is 20.1. The van der Waals surface area contributed by atoms with Gasteiger partial charge >= 0.3 is 12.1 Å². The lowest BCUT2D eigenvalue weighted by molar-refractivity contribution is -0.146. The van der Waals surface area contributed by atoms with Gasteiger partial charge in [-0.15, -0.1) is 0 Å². The maximum Gasteiger partial charge on any atom is 0.408 e. The largest absolute Gasteiger partial charge is 0.508 e. The molecule has 0 aliphatic carbocycles. The van der Waals surface area contributed by atoms with Crippen molar-refractivity contribution in [2.45, 2.75) is 84.5 Å². The predicted octanol–water partition coefficient (Wildman–Crippen LogP) is 4.22. The molecule has 236 valence electrons. The summed E-state index contributed by atoms with van der Waals surface area (Å²) in [5.74, 6) is -1.53. The van der Waals surface area contributed by atoms with E-state index in [9.17, 15) is 29.4 Å². The number of aromatic hydroxyl groups is 2. The summed E-state index contributed by atoms with van der Waals surface area (Å²) >= 11 is 0. The van der Waals surface area contributed by atoms with Gasteiger partial charge < -0.3 is 35.2 Å². The SMILES string of the molecule is COC(=O)CNC(=O)C(c1ccc(O)cc1)N(C(=O)C(Cc1ccc(O)cc1)NC(=O)OC(C)(C)C)C(C)CCC(C)C. The van der Waals surface area contributed by atoms with E-state index in [0.29, 0.717) is 23.5 Å². The third-order valence-corrected chi connectivity index (χ3v) is 6.63. The Hall–Kier alpha value is -4.28. The number of nitrogens with zero attached hydrogens (tertiary/aromatic N) is 1. The van der Waals surface area contributed by atoms with Crippen LogP contribution in [0.15, 0.2) is 48.5 Å². The molecule has 0 heterocycles. The van der Waals surface area contributed by atoms with Crippen LogP contribution in [0.1, 0.15) is 71.6 Å². The minimum Gasteiger partial charge on any atom is -0.508 e. The molecule has 43 heavy (non-hydrogen) atoms. The zero-order valence-corrected chi connectivity index (χ0v) is 26.0. The predicted molar refractivity (Wildman–Crippen MR) is 161 cm³/mol. The molecule has 0 saturated carbocycles. The van der Waals surface area contributed by atoms with Gasteiger partial charge in [0, 0.05) is 12.5 Å². The van der Waals surface area contributed by atoms with Crippen LogP contribution in [-0.4, -0.2) is 70.3 Å². The van der Waals surface area contributed by atoms with Crippen molar-refractivity contribution in [3.8, 4) is 11.5 Å².